The van der Waals surface area contributed by atoms with Gasteiger partial charge in [-0.05, 0) is 205 Å². The van der Waals surface area contributed by atoms with Gasteiger partial charge in [0, 0.05) is 33.4 Å². The predicted octanol–water partition coefficient (Wildman–Crippen LogP) is 27.7. The van der Waals surface area contributed by atoms with Gasteiger partial charge in [0.15, 0.2) is 34.9 Å². The SMILES string of the molecule is c1ccc(-c2nc(-c3ccccc3)nc(-c3cc(-c4ccc(-c5ccc6ccccc6c5)cc4)cc(-c4ccc(-c5ccc6ccccc6c5)cc4)c3)n2)cc1.c1ccc(-c2nc(-c3ccccc3)nc(-c3cc(-c4cccc(-c5ccc6ccccc6c5)c4)cc(-c4cccc(-c5ccc6ccccc6c5)c4)c3)n2)cc1. The van der Waals surface area contributed by atoms with Gasteiger partial charge in [0.25, 0.3) is 0 Å². The van der Waals surface area contributed by atoms with E-state index in [1.165, 1.54) is 76.5 Å². The molecule has 0 aliphatic carbocycles. The molecule has 0 saturated heterocycles. The van der Waals surface area contributed by atoms with Crippen LogP contribution in [0.3, 0.4) is 0 Å². The van der Waals surface area contributed by atoms with Gasteiger partial charge in [0.05, 0.1) is 0 Å². The number of aromatic nitrogens is 6. The second-order valence-electron chi connectivity index (χ2n) is 28.2. The van der Waals surface area contributed by atoms with Gasteiger partial charge < -0.3 is 0 Å². The van der Waals surface area contributed by atoms with Crippen LogP contribution in [0, 0.1) is 0 Å². The van der Waals surface area contributed by atoms with Crippen LogP contribution < -0.4 is 0 Å². The van der Waals surface area contributed by atoms with Crippen molar-refractivity contribution in [2.45, 2.75) is 0 Å². The third kappa shape index (κ3) is 14.5. The van der Waals surface area contributed by atoms with E-state index in [1.54, 1.807) is 0 Å². The first-order chi connectivity index (χ1) is 55.4. The largest absolute Gasteiger partial charge is 0.208 e. The maximum atomic E-state index is 5.13. The van der Waals surface area contributed by atoms with Crippen LogP contribution in [-0.2, 0) is 0 Å². The molecule has 0 radical (unpaired) electrons. The molecule has 112 heavy (non-hydrogen) atoms. The van der Waals surface area contributed by atoms with Gasteiger partial charge in [-0.3, -0.25) is 0 Å². The van der Waals surface area contributed by atoms with E-state index in [0.717, 1.165) is 89.0 Å². The van der Waals surface area contributed by atoms with Crippen LogP contribution in [0.4, 0.5) is 0 Å². The Labute approximate surface area is 650 Å². The van der Waals surface area contributed by atoms with Crippen molar-refractivity contribution in [3.63, 3.8) is 0 Å². The molecule has 0 fully saturated rings. The van der Waals surface area contributed by atoms with E-state index in [1.807, 2.05) is 121 Å². The van der Waals surface area contributed by atoms with Gasteiger partial charge in [-0.15, -0.1) is 0 Å². The average Bonchev–Trinajstić information content (AvgIpc) is 0.734. The number of benzene rings is 18. The lowest BCUT2D eigenvalue weighted by molar-refractivity contribution is 1.07. The van der Waals surface area contributed by atoms with Gasteiger partial charge in [0.1, 0.15) is 0 Å². The van der Waals surface area contributed by atoms with Crippen LogP contribution in [-0.4, -0.2) is 29.9 Å². The standard InChI is InChI=1S/2C53H35N3/c1-3-15-38(16-4-1)51-54-52(39-17-5-2-6-18-39)56-53(55-51)50-34-48(44-23-11-21-42(31-44)46-27-25-36-13-7-9-19-40(36)29-46)33-49(35-50)45-24-12-22-43(32-45)47-28-26-37-14-8-10-20-41(37)30-47;1-3-13-42(14-4-1)51-54-52(43-15-5-2-6-16-43)56-53(55-51)50-34-48(40-23-19-38(20-24-40)46-29-27-36-11-7-9-17-44(36)31-46)33-49(35-50)41-25-21-39(22-26-41)47-30-28-37-12-8-10-18-45(37)32-47/h2*1-35H. The van der Waals surface area contributed by atoms with Crippen LogP contribution >= 0.6 is 0 Å². The van der Waals surface area contributed by atoms with Crippen LogP contribution in [0.2, 0.25) is 0 Å². The fourth-order valence-corrected chi connectivity index (χ4v) is 15.0. The Balaban J connectivity index is 0.000000151. The third-order valence-electron chi connectivity index (χ3n) is 20.9. The minimum Gasteiger partial charge on any atom is -0.208 e. The molecule has 0 amide bonds. The molecule has 0 atom stereocenters. The van der Waals surface area contributed by atoms with Crippen LogP contribution in [0.5, 0.6) is 0 Å². The van der Waals surface area contributed by atoms with E-state index < -0.39 is 0 Å². The number of nitrogens with zero attached hydrogens (tertiary/aromatic N) is 6. The second-order valence-corrected chi connectivity index (χ2v) is 28.2. The number of hydrogen-bond donors (Lipinski definition) is 0. The molecule has 0 bridgehead atoms. The molecule has 0 aliphatic rings. The molecule has 0 spiro atoms. The summed E-state index contributed by atoms with van der Waals surface area (Å²) in [5, 5.41) is 9.88. The van der Waals surface area contributed by atoms with Gasteiger partial charge >= 0.3 is 0 Å². The van der Waals surface area contributed by atoms with Crippen LogP contribution in [0.1, 0.15) is 0 Å². The first-order valence-corrected chi connectivity index (χ1v) is 37.8. The molecule has 2 aromatic heterocycles. The maximum absolute atomic E-state index is 5.13. The lowest BCUT2D eigenvalue weighted by Gasteiger charge is -2.14. The van der Waals surface area contributed by atoms with E-state index >= 15 is 0 Å². The minimum atomic E-state index is 0.622. The summed E-state index contributed by atoms with van der Waals surface area (Å²) in [5.74, 6) is 3.80. The molecule has 0 N–H and O–H groups in total. The molecule has 6 nitrogen and oxygen atoms in total. The Kier molecular flexibility index (Phi) is 18.3. The topological polar surface area (TPSA) is 77.3 Å². The Morgan fingerprint density at radius 2 is 0.250 bits per heavy atom. The fourth-order valence-electron chi connectivity index (χ4n) is 15.0. The highest BCUT2D eigenvalue weighted by Gasteiger charge is 2.19. The molecule has 6 heteroatoms. The number of rotatable bonds is 14. The zero-order chi connectivity index (χ0) is 74.5. The summed E-state index contributed by atoms with van der Waals surface area (Å²) in [5.41, 5.74) is 23.9. The van der Waals surface area contributed by atoms with E-state index in [4.69, 9.17) is 29.9 Å². The summed E-state index contributed by atoms with van der Waals surface area (Å²) in [6, 6.07) is 150. The van der Waals surface area contributed by atoms with Crippen LogP contribution in [0.15, 0.2) is 425 Å². The first-order valence-electron chi connectivity index (χ1n) is 37.8. The second kappa shape index (κ2) is 30.3. The van der Waals surface area contributed by atoms with E-state index in [9.17, 15) is 0 Å². The Morgan fingerprint density at radius 3 is 0.518 bits per heavy atom. The van der Waals surface area contributed by atoms with Crippen molar-refractivity contribution >= 4 is 43.1 Å². The predicted molar refractivity (Wildman–Crippen MR) is 466 cm³/mol. The summed E-state index contributed by atoms with van der Waals surface area (Å²) in [7, 11) is 0. The lowest BCUT2D eigenvalue weighted by atomic mass is 9.92. The van der Waals surface area contributed by atoms with E-state index in [2.05, 4.69) is 303 Å². The fraction of sp³-hybridized carbons (Fsp3) is 0. The van der Waals surface area contributed by atoms with Crippen LogP contribution in [0.25, 0.3) is 200 Å². The zero-order valence-corrected chi connectivity index (χ0v) is 61.1. The summed E-state index contributed by atoms with van der Waals surface area (Å²) in [6.07, 6.45) is 0. The summed E-state index contributed by atoms with van der Waals surface area (Å²) >= 11 is 0. The zero-order valence-electron chi connectivity index (χ0n) is 61.1. The molecule has 20 rings (SSSR count). The molecule has 0 unspecified atom stereocenters. The molecular formula is C106H70N6. The summed E-state index contributed by atoms with van der Waals surface area (Å²) in [4.78, 5) is 30.4. The van der Waals surface area contributed by atoms with Crippen molar-refractivity contribution in [3.8, 4) is 157 Å². The van der Waals surface area contributed by atoms with Gasteiger partial charge in [0.2, 0.25) is 0 Å². The van der Waals surface area contributed by atoms with Crippen molar-refractivity contribution in [2.75, 3.05) is 0 Å². The molecule has 524 valence electrons. The highest BCUT2D eigenvalue weighted by atomic mass is 15.0. The minimum absolute atomic E-state index is 0.622. The van der Waals surface area contributed by atoms with Gasteiger partial charge in [-0.25, -0.2) is 29.9 Å². The Bertz CT molecular complexity index is 6450. The lowest BCUT2D eigenvalue weighted by Crippen LogP contribution is -2.00. The van der Waals surface area contributed by atoms with Crippen molar-refractivity contribution in [1.29, 1.82) is 0 Å². The Morgan fingerprint density at radius 1 is 0.0893 bits per heavy atom. The van der Waals surface area contributed by atoms with Crippen molar-refractivity contribution in [1.82, 2.24) is 29.9 Å². The van der Waals surface area contributed by atoms with Gasteiger partial charge in [-0.2, -0.15) is 0 Å². The molecule has 0 saturated carbocycles. The normalized spacial score (nSPS) is 11.2. The van der Waals surface area contributed by atoms with Gasteiger partial charge in [-0.1, -0.05) is 352 Å². The monoisotopic (exact) mass is 1430 g/mol. The highest BCUT2D eigenvalue weighted by molar-refractivity contribution is 5.93. The van der Waals surface area contributed by atoms with Crippen molar-refractivity contribution in [2.24, 2.45) is 0 Å². The maximum Gasteiger partial charge on any atom is 0.164 e. The van der Waals surface area contributed by atoms with E-state index in [0.29, 0.717) is 34.9 Å². The number of fused-ring (bicyclic) bond motifs is 4. The third-order valence-corrected chi connectivity index (χ3v) is 20.9. The number of hydrogen-bond acceptors (Lipinski definition) is 6. The Hall–Kier alpha value is -15.0. The van der Waals surface area contributed by atoms with E-state index in [-0.39, 0.29) is 0 Å². The highest BCUT2D eigenvalue weighted by Crippen LogP contribution is 2.40. The smallest absolute Gasteiger partial charge is 0.164 e. The average molecular weight is 1430 g/mol. The molecular weight excluding hydrogens is 1360 g/mol. The quantitative estimate of drug-likeness (QED) is 0.108. The van der Waals surface area contributed by atoms with Crippen molar-refractivity contribution < 1.29 is 0 Å². The molecule has 18 aromatic carbocycles. The first kappa shape index (κ1) is 67.6. The molecule has 0 aliphatic heterocycles. The van der Waals surface area contributed by atoms with Crippen molar-refractivity contribution in [3.05, 3.63) is 425 Å². The molecule has 20 aromatic rings. The molecule has 2 heterocycles. The summed E-state index contributed by atoms with van der Waals surface area (Å²) in [6.45, 7) is 0. The summed E-state index contributed by atoms with van der Waals surface area (Å²) < 4.78 is 0.